The van der Waals surface area contributed by atoms with Crippen molar-refractivity contribution in [3.05, 3.63) is 42.1 Å². The summed E-state index contributed by atoms with van der Waals surface area (Å²) in [6.07, 6.45) is 2.54. The molecule has 2 aromatic rings. The van der Waals surface area contributed by atoms with Gasteiger partial charge in [0.2, 0.25) is 5.91 Å². The van der Waals surface area contributed by atoms with Gasteiger partial charge in [-0.15, -0.1) is 0 Å². The largest absolute Gasteiger partial charge is 0.481 e. The van der Waals surface area contributed by atoms with E-state index in [1.165, 1.54) is 0 Å². The maximum absolute atomic E-state index is 13.6. The number of benzene rings is 1. The lowest BCUT2D eigenvalue weighted by Gasteiger charge is -2.36. The summed E-state index contributed by atoms with van der Waals surface area (Å²) in [6, 6.07) is 10.2. The SMILES string of the molecule is CCCCOC(=O)N1CCN(C(=O)[C@H](CCC)NC(=O)c2cc(N3CC4C(C3)C4C(=O)O)nc(-c3ccccc3)n2)CC1. The van der Waals surface area contributed by atoms with Crippen LogP contribution >= 0.6 is 0 Å². The number of amides is 3. The molecule has 0 spiro atoms. The van der Waals surface area contributed by atoms with Crippen molar-refractivity contribution in [1.29, 1.82) is 0 Å². The minimum absolute atomic E-state index is 0.0788. The van der Waals surface area contributed by atoms with Crippen molar-refractivity contribution in [3.8, 4) is 11.4 Å². The first-order chi connectivity index (χ1) is 20.8. The second-order valence-corrected chi connectivity index (χ2v) is 11.5. The number of nitrogens with one attached hydrogen (secondary N) is 1. The minimum Gasteiger partial charge on any atom is -0.481 e. The number of piperazine rings is 1. The van der Waals surface area contributed by atoms with Gasteiger partial charge in [-0.25, -0.2) is 14.8 Å². The van der Waals surface area contributed by atoms with E-state index in [0.717, 1.165) is 18.4 Å². The molecule has 3 amide bonds. The van der Waals surface area contributed by atoms with Gasteiger partial charge in [-0.05, 0) is 24.7 Å². The van der Waals surface area contributed by atoms with E-state index in [-0.39, 0.29) is 35.4 Å². The number of piperidine rings is 1. The highest BCUT2D eigenvalue weighted by Crippen LogP contribution is 2.52. The van der Waals surface area contributed by atoms with E-state index in [1.54, 1.807) is 15.9 Å². The second-order valence-electron chi connectivity index (χ2n) is 11.5. The number of hydrogen-bond acceptors (Lipinski definition) is 8. The van der Waals surface area contributed by atoms with Crippen LogP contribution in [0, 0.1) is 17.8 Å². The fourth-order valence-corrected chi connectivity index (χ4v) is 6.01. The van der Waals surface area contributed by atoms with E-state index >= 15 is 0 Å². The van der Waals surface area contributed by atoms with Gasteiger partial charge in [0.05, 0.1) is 12.5 Å². The summed E-state index contributed by atoms with van der Waals surface area (Å²) in [5, 5.41) is 12.3. The third-order valence-corrected chi connectivity index (χ3v) is 8.53. The molecular weight excluding hydrogens is 552 g/mol. The van der Waals surface area contributed by atoms with Gasteiger partial charge in [0.15, 0.2) is 5.82 Å². The average molecular weight is 593 g/mol. The first-order valence-corrected chi connectivity index (χ1v) is 15.2. The Hall–Kier alpha value is -4.22. The van der Waals surface area contributed by atoms with Crippen LogP contribution in [0.1, 0.15) is 50.0 Å². The van der Waals surface area contributed by atoms with Gasteiger partial charge in [0.1, 0.15) is 17.6 Å². The molecule has 3 atom stereocenters. The van der Waals surface area contributed by atoms with Crippen LogP contribution in [-0.4, -0.2) is 101 Å². The van der Waals surface area contributed by atoms with Gasteiger partial charge < -0.3 is 29.9 Å². The Balaban J connectivity index is 1.28. The average Bonchev–Trinajstić information content (AvgIpc) is 3.54. The normalized spacial score (nSPS) is 21.6. The van der Waals surface area contributed by atoms with Gasteiger partial charge in [-0.3, -0.25) is 14.4 Å². The molecule has 12 nitrogen and oxygen atoms in total. The quantitative estimate of drug-likeness (QED) is 0.376. The van der Waals surface area contributed by atoms with Crippen LogP contribution in [-0.2, 0) is 14.3 Å². The summed E-state index contributed by atoms with van der Waals surface area (Å²) in [5.74, 6) is -0.629. The maximum atomic E-state index is 13.6. The molecule has 3 heterocycles. The molecule has 230 valence electrons. The highest BCUT2D eigenvalue weighted by molar-refractivity contribution is 5.97. The Bertz CT molecular complexity index is 1320. The number of unbranched alkanes of at least 4 members (excludes halogenated alkanes) is 1. The van der Waals surface area contributed by atoms with E-state index in [9.17, 15) is 24.3 Å². The smallest absolute Gasteiger partial charge is 0.409 e. The van der Waals surface area contributed by atoms with Gasteiger partial charge in [-0.1, -0.05) is 57.0 Å². The number of carboxylic acids is 1. The molecule has 2 saturated heterocycles. The molecule has 1 saturated carbocycles. The lowest BCUT2D eigenvalue weighted by molar-refractivity contribution is -0.139. The second kappa shape index (κ2) is 13.4. The van der Waals surface area contributed by atoms with Gasteiger partial charge in [-0.2, -0.15) is 0 Å². The van der Waals surface area contributed by atoms with Gasteiger partial charge >= 0.3 is 12.1 Å². The predicted octanol–water partition coefficient (Wildman–Crippen LogP) is 2.89. The van der Waals surface area contributed by atoms with Crippen molar-refractivity contribution in [2.75, 3.05) is 50.8 Å². The minimum atomic E-state index is -0.762. The number of rotatable bonds is 11. The van der Waals surface area contributed by atoms with Gasteiger partial charge in [0, 0.05) is 50.9 Å². The summed E-state index contributed by atoms with van der Waals surface area (Å²) in [5.41, 5.74) is 0.895. The number of aromatic nitrogens is 2. The Labute approximate surface area is 251 Å². The van der Waals surface area contributed by atoms with Crippen LogP contribution in [0.15, 0.2) is 36.4 Å². The van der Waals surface area contributed by atoms with Crippen LogP contribution in [0.4, 0.5) is 10.6 Å². The Morgan fingerprint density at radius 2 is 1.65 bits per heavy atom. The molecule has 5 rings (SSSR count). The van der Waals surface area contributed by atoms with Crippen molar-refractivity contribution in [1.82, 2.24) is 25.1 Å². The van der Waals surface area contributed by atoms with Crippen molar-refractivity contribution in [3.63, 3.8) is 0 Å². The zero-order chi connectivity index (χ0) is 30.5. The monoisotopic (exact) mass is 592 g/mol. The molecule has 2 aliphatic heterocycles. The molecule has 1 aromatic carbocycles. The molecule has 43 heavy (non-hydrogen) atoms. The Morgan fingerprint density at radius 3 is 2.28 bits per heavy atom. The molecule has 0 radical (unpaired) electrons. The summed E-state index contributed by atoms with van der Waals surface area (Å²) in [4.78, 5) is 65.5. The van der Waals surface area contributed by atoms with Crippen LogP contribution in [0.2, 0.25) is 0 Å². The van der Waals surface area contributed by atoms with Gasteiger partial charge in [0.25, 0.3) is 5.91 Å². The standard InChI is InChI=1S/C31H40N6O6/c1-3-5-16-43-31(42)36-14-12-35(13-15-36)29(39)23(9-4-2)33-28(38)24-17-25(34-27(32-24)20-10-7-6-8-11-20)37-18-21-22(19-37)26(21)30(40)41/h6-8,10-11,17,21-23,26H,3-5,9,12-16,18-19H2,1-2H3,(H,33,38)(H,40,41)/t21?,22?,23-,26?/m0/s1. The number of hydrogen-bond donors (Lipinski definition) is 2. The maximum Gasteiger partial charge on any atom is 0.409 e. The third kappa shape index (κ3) is 6.89. The van der Waals surface area contributed by atoms with E-state index in [4.69, 9.17) is 9.72 Å². The number of aliphatic carboxylic acids is 1. The molecular formula is C31H40N6O6. The molecule has 2 unspecified atom stereocenters. The molecule has 0 bridgehead atoms. The Kier molecular flexibility index (Phi) is 9.42. The van der Waals surface area contributed by atoms with Crippen molar-refractivity contribution in [2.45, 2.75) is 45.6 Å². The van der Waals surface area contributed by atoms with Crippen LogP contribution in [0.3, 0.4) is 0 Å². The van der Waals surface area contributed by atoms with E-state index < -0.39 is 17.9 Å². The van der Waals surface area contributed by atoms with E-state index in [0.29, 0.717) is 70.4 Å². The number of ether oxygens (including phenoxy) is 1. The number of carbonyl (C=O) groups is 4. The summed E-state index contributed by atoms with van der Waals surface area (Å²) in [6.45, 7) is 6.96. The highest BCUT2D eigenvalue weighted by Gasteiger charge is 2.60. The molecule has 3 fully saturated rings. The van der Waals surface area contributed by atoms with Crippen LogP contribution in [0.25, 0.3) is 11.4 Å². The number of anilines is 1. The molecule has 1 aromatic heterocycles. The number of nitrogens with zero attached hydrogens (tertiary/aromatic N) is 5. The summed E-state index contributed by atoms with van der Waals surface area (Å²) >= 11 is 0. The molecule has 12 heteroatoms. The highest BCUT2D eigenvalue weighted by atomic mass is 16.6. The number of carboxylic acid groups (broad SMARTS) is 1. The lowest BCUT2D eigenvalue weighted by atomic mass is 10.1. The van der Waals surface area contributed by atoms with Crippen molar-refractivity contribution >= 4 is 29.7 Å². The topological polar surface area (TPSA) is 145 Å². The first-order valence-electron chi connectivity index (χ1n) is 15.2. The fourth-order valence-electron chi connectivity index (χ4n) is 6.01. The zero-order valence-electron chi connectivity index (χ0n) is 24.8. The van der Waals surface area contributed by atoms with Crippen LogP contribution < -0.4 is 10.2 Å². The number of fused-ring (bicyclic) bond motifs is 1. The van der Waals surface area contributed by atoms with E-state index in [2.05, 4.69) is 10.3 Å². The van der Waals surface area contributed by atoms with Crippen molar-refractivity contribution < 1.29 is 29.0 Å². The summed E-state index contributed by atoms with van der Waals surface area (Å²) < 4.78 is 5.30. The van der Waals surface area contributed by atoms with Crippen LogP contribution in [0.5, 0.6) is 0 Å². The predicted molar refractivity (Wildman–Crippen MR) is 158 cm³/mol. The Morgan fingerprint density at radius 1 is 0.977 bits per heavy atom. The third-order valence-electron chi connectivity index (χ3n) is 8.53. The molecule has 2 N–H and O–H groups in total. The fraction of sp³-hybridized carbons (Fsp3) is 0.548. The first kappa shape index (κ1) is 30.2. The summed E-state index contributed by atoms with van der Waals surface area (Å²) in [7, 11) is 0. The zero-order valence-corrected chi connectivity index (χ0v) is 24.8. The molecule has 1 aliphatic carbocycles. The number of carbonyl (C=O) groups excluding carboxylic acids is 3. The van der Waals surface area contributed by atoms with Crippen molar-refractivity contribution in [2.24, 2.45) is 17.8 Å². The lowest BCUT2D eigenvalue weighted by Crippen LogP contribution is -2.56. The van der Waals surface area contributed by atoms with E-state index in [1.807, 2.05) is 49.1 Å². The molecule has 3 aliphatic rings.